The van der Waals surface area contributed by atoms with Gasteiger partial charge in [-0.2, -0.15) is 0 Å². The van der Waals surface area contributed by atoms with Crippen molar-refractivity contribution in [3.8, 4) is 11.1 Å². The van der Waals surface area contributed by atoms with E-state index in [1.54, 1.807) is 4.90 Å². The summed E-state index contributed by atoms with van der Waals surface area (Å²) in [6.45, 7) is 29.4. The molecule has 1 atom stereocenters. The fraction of sp³-hybridized carbons (Fsp3) is 0.625. The Labute approximate surface area is 432 Å². The van der Waals surface area contributed by atoms with Crippen molar-refractivity contribution in [2.24, 2.45) is 0 Å². The Morgan fingerprint density at radius 1 is 0.549 bits per heavy atom. The number of benzene rings is 3. The van der Waals surface area contributed by atoms with Crippen LogP contribution in [0.3, 0.4) is 0 Å². The molecule has 3 aliphatic rings. The molecule has 0 saturated carbocycles. The van der Waals surface area contributed by atoms with Gasteiger partial charge in [0.15, 0.2) is 5.78 Å². The van der Waals surface area contributed by atoms with Gasteiger partial charge in [-0.3, -0.25) is 24.1 Å². The summed E-state index contributed by atoms with van der Waals surface area (Å²) in [6.07, 6.45) is 26.7. The molecule has 0 N–H and O–H groups in total. The van der Waals surface area contributed by atoms with Gasteiger partial charge in [0.25, 0.3) is 17.7 Å². The minimum Gasteiger partial charge on any atom is -0.371 e. The molecule has 1 unspecified atom stereocenters. The number of allylic oxidation sites excluding steroid dienone is 2. The highest BCUT2D eigenvalue weighted by molar-refractivity contribution is 6.31. The van der Waals surface area contributed by atoms with E-state index in [-0.39, 0.29) is 42.1 Å². The first-order chi connectivity index (χ1) is 34.6. The summed E-state index contributed by atoms with van der Waals surface area (Å²) < 4.78 is 0. The van der Waals surface area contributed by atoms with Crippen molar-refractivity contribution < 1.29 is 19.2 Å². The van der Waals surface area contributed by atoms with Gasteiger partial charge in [0.05, 0.1) is 17.8 Å². The average Bonchev–Trinajstić information content (AvgIpc) is 3.58. The van der Waals surface area contributed by atoms with Crippen LogP contribution in [0.1, 0.15) is 272 Å². The van der Waals surface area contributed by atoms with E-state index in [0.29, 0.717) is 40.8 Å². The third-order valence-corrected chi connectivity index (χ3v) is 15.2. The second kappa shape index (κ2) is 30.5. The van der Waals surface area contributed by atoms with Crippen molar-refractivity contribution in [2.45, 2.75) is 242 Å². The molecule has 2 aliphatic heterocycles. The summed E-state index contributed by atoms with van der Waals surface area (Å²) in [6, 6.07) is 10.2. The number of hydrogen-bond acceptors (Lipinski definition) is 5. The van der Waals surface area contributed by atoms with Crippen LogP contribution in [-0.4, -0.2) is 65.0 Å². The second-order valence-corrected chi connectivity index (χ2v) is 20.0. The monoisotopic (exact) mass is 972 g/mol. The summed E-state index contributed by atoms with van der Waals surface area (Å²) in [5.74, 6) is -0.527. The molecule has 392 valence electrons. The zero-order valence-corrected chi connectivity index (χ0v) is 46.9. The Morgan fingerprint density at radius 3 is 1.63 bits per heavy atom. The summed E-state index contributed by atoms with van der Waals surface area (Å²) in [7, 11) is 0. The van der Waals surface area contributed by atoms with Crippen LogP contribution in [0.25, 0.3) is 33.0 Å². The topological polar surface area (TPSA) is 78.0 Å². The van der Waals surface area contributed by atoms with E-state index >= 15 is 14.4 Å². The number of fused-ring (bicyclic) bond motifs is 4. The van der Waals surface area contributed by atoms with E-state index in [1.165, 1.54) is 19.3 Å². The summed E-state index contributed by atoms with van der Waals surface area (Å²) >= 11 is 0. The maximum atomic E-state index is 15.6. The van der Waals surface area contributed by atoms with Gasteiger partial charge in [-0.15, -0.1) is 0 Å². The van der Waals surface area contributed by atoms with Crippen molar-refractivity contribution >= 4 is 51.1 Å². The van der Waals surface area contributed by atoms with Crippen LogP contribution in [0.2, 0.25) is 0 Å². The lowest BCUT2D eigenvalue weighted by Crippen LogP contribution is -2.48. The van der Waals surface area contributed by atoms with Gasteiger partial charge >= 0.3 is 0 Å². The number of hydrogen-bond donors (Lipinski definition) is 0. The Morgan fingerprint density at radius 2 is 1.06 bits per heavy atom. The third kappa shape index (κ3) is 13.8. The molecule has 0 bridgehead atoms. The molecule has 0 fully saturated rings. The number of rotatable bonds is 28. The van der Waals surface area contributed by atoms with Gasteiger partial charge < -0.3 is 9.80 Å². The predicted molar refractivity (Wildman–Crippen MR) is 305 cm³/mol. The zero-order valence-electron chi connectivity index (χ0n) is 46.9. The zero-order chi connectivity index (χ0) is 52.0. The Hall–Kier alpha value is -4.52. The van der Waals surface area contributed by atoms with Crippen molar-refractivity contribution in [1.29, 1.82) is 0 Å². The fourth-order valence-electron chi connectivity index (χ4n) is 11.5. The van der Waals surface area contributed by atoms with E-state index in [2.05, 4.69) is 84.2 Å². The van der Waals surface area contributed by atoms with Crippen molar-refractivity contribution in [3.63, 3.8) is 0 Å². The molecule has 7 nitrogen and oxygen atoms in total. The highest BCUT2D eigenvalue weighted by Gasteiger charge is 2.42. The van der Waals surface area contributed by atoms with E-state index in [1.807, 2.05) is 44.7 Å². The van der Waals surface area contributed by atoms with Gasteiger partial charge in [-0.1, -0.05) is 203 Å². The number of Topliss-reactive ketones (excluding diaryl/α,β-unsaturated/α-hetero) is 1. The minimum atomic E-state index is -0.185. The normalized spacial score (nSPS) is 15.0. The molecule has 0 spiro atoms. The fourth-order valence-corrected chi connectivity index (χ4v) is 11.5. The number of carbonyl (C=O) groups excluding carboxylic acids is 4. The maximum Gasteiger partial charge on any atom is 0.263 e. The first-order valence-electron chi connectivity index (χ1n) is 29.3. The average molecular weight is 972 g/mol. The molecular weight excluding hydrogens is 875 g/mol. The van der Waals surface area contributed by atoms with Crippen LogP contribution in [0.4, 0.5) is 5.69 Å². The van der Waals surface area contributed by atoms with Crippen molar-refractivity contribution in [3.05, 3.63) is 76.4 Å². The minimum absolute atomic E-state index is 0.00857. The van der Waals surface area contributed by atoms with E-state index in [0.717, 1.165) is 179 Å². The Balaban J connectivity index is 0.00000267. The van der Waals surface area contributed by atoms with Gasteiger partial charge in [-0.25, -0.2) is 0 Å². The number of imide groups is 1. The van der Waals surface area contributed by atoms with Crippen LogP contribution >= 0.6 is 0 Å². The molecule has 1 aliphatic carbocycles. The molecule has 0 radical (unpaired) electrons. The summed E-state index contributed by atoms with van der Waals surface area (Å²) in [4.78, 5) is 66.4. The lowest BCUT2D eigenvalue weighted by atomic mass is 9.83. The highest BCUT2D eigenvalue weighted by atomic mass is 16.2. The highest BCUT2D eigenvalue weighted by Crippen LogP contribution is 2.51. The third-order valence-electron chi connectivity index (χ3n) is 15.2. The first kappa shape index (κ1) is 59.0. The quantitative estimate of drug-likeness (QED) is 0.0411. The number of amides is 3. The Kier molecular flexibility index (Phi) is 25.4. The second-order valence-electron chi connectivity index (χ2n) is 20.0. The van der Waals surface area contributed by atoms with Crippen LogP contribution in [0, 0.1) is 0 Å². The largest absolute Gasteiger partial charge is 0.371 e. The molecule has 3 aromatic carbocycles. The van der Waals surface area contributed by atoms with Crippen LogP contribution in [0.15, 0.2) is 43.0 Å². The number of ketones is 1. The number of nitrogens with zero attached hydrogens (tertiary/aromatic N) is 3. The predicted octanol–water partition coefficient (Wildman–Crippen LogP) is 17.8. The standard InChI is InChI=1S/C60H85N3O4.2C2H6/c1-9-16-21-24-28-31-44(30-25-19-12-4)62-41-53(64)42(8)54-48(58(62)65)37-35-47-50(54)39-43(29-14-6)46-34-36-49-56-55(46)51(47)40-52(61(15-7)38-20-13-5)57(56)60(67)63(59(49)66)45(32-26-22-17-10-2)33-27-23-18-11-3;2*1-2/h29,34-37,40,44-45H,8-28,30-33,38-39,41H2,1-7H3;2*1-2H3/b43-29+;;. The smallest absolute Gasteiger partial charge is 0.263 e. The van der Waals surface area contributed by atoms with Gasteiger partial charge in [0.1, 0.15) is 0 Å². The van der Waals surface area contributed by atoms with Crippen molar-refractivity contribution in [2.75, 3.05) is 24.5 Å². The molecular formula is C64H97N3O4. The first-order valence-corrected chi connectivity index (χ1v) is 29.3. The van der Waals surface area contributed by atoms with Gasteiger partial charge in [0, 0.05) is 52.8 Å². The SMILES string of the molecule is C=C1C(=O)CN(C(CCCCC)CCCCCCC)C(=O)c2ccc3c(c21)C/C(=C\CC)c1ccc2c4c(c(N(CC)CCCC)cc-3c14)C(=O)N(C(CCCCCC)CCCCCC)C2=O.CC.CC. The molecule has 71 heavy (non-hydrogen) atoms. The lowest BCUT2D eigenvalue weighted by Gasteiger charge is -2.37. The molecule has 3 amide bonds. The van der Waals surface area contributed by atoms with Crippen LogP contribution < -0.4 is 4.90 Å². The molecule has 0 aromatic heterocycles. The Bertz CT molecular complexity index is 2260. The van der Waals surface area contributed by atoms with Gasteiger partial charge in [-0.05, 0) is 103 Å². The van der Waals surface area contributed by atoms with E-state index in [9.17, 15) is 4.79 Å². The van der Waals surface area contributed by atoms with Crippen LogP contribution in [0.5, 0.6) is 0 Å². The van der Waals surface area contributed by atoms with E-state index in [4.69, 9.17) is 0 Å². The molecule has 3 aromatic rings. The molecule has 0 saturated heterocycles. The summed E-state index contributed by atoms with van der Waals surface area (Å²) in [5, 5.41) is 1.67. The van der Waals surface area contributed by atoms with Gasteiger partial charge in [0.2, 0.25) is 0 Å². The number of anilines is 1. The lowest BCUT2D eigenvalue weighted by molar-refractivity contribution is -0.114. The number of carbonyl (C=O) groups is 4. The molecule has 6 rings (SSSR count). The summed E-state index contributed by atoms with van der Waals surface area (Å²) in [5.41, 5.74) is 8.62. The number of unbranched alkanes of at least 4 members (excludes halogenated alkanes) is 13. The van der Waals surface area contributed by atoms with Crippen molar-refractivity contribution in [1.82, 2.24) is 9.80 Å². The molecule has 7 heteroatoms. The maximum absolute atomic E-state index is 15.6. The van der Waals surface area contributed by atoms with Crippen LogP contribution in [-0.2, 0) is 11.2 Å². The van der Waals surface area contributed by atoms with E-state index < -0.39 is 0 Å². The molecule has 2 heterocycles.